The molecule has 11 rings (SSSR count). The Morgan fingerprint density at radius 3 is 1.96 bits per heavy atom. The van der Waals surface area contributed by atoms with Gasteiger partial charge >= 0.3 is 0 Å². The zero-order valence-corrected chi connectivity index (χ0v) is 27.7. The van der Waals surface area contributed by atoms with Crippen molar-refractivity contribution in [3.05, 3.63) is 127 Å². The monoisotopic (exact) mass is 616 g/mol. The molecule has 1 aliphatic carbocycles. The number of hydrogen-bond acceptors (Lipinski definition) is 2. The number of anilines is 2. The summed E-state index contributed by atoms with van der Waals surface area (Å²) in [5, 5.41) is 16.3. The summed E-state index contributed by atoms with van der Waals surface area (Å²) in [6, 6.07) is 42.0. The van der Waals surface area contributed by atoms with Gasteiger partial charge in [0, 0.05) is 28.7 Å². The average Bonchev–Trinajstić information content (AvgIpc) is 3.67. The van der Waals surface area contributed by atoms with Gasteiger partial charge < -0.3 is 4.90 Å². The second-order valence-electron chi connectivity index (χ2n) is 15.1. The third-order valence-corrected chi connectivity index (χ3v) is 12.8. The lowest BCUT2D eigenvalue weighted by molar-refractivity contribution is 0.195. The van der Waals surface area contributed by atoms with E-state index >= 15 is 0 Å². The first-order valence-electron chi connectivity index (χ1n) is 17.6. The largest absolute Gasteiger partial charge is 0.334 e. The Hall–Kier alpha value is -5.21. The quantitative estimate of drug-likeness (QED) is 0.192. The van der Waals surface area contributed by atoms with Gasteiger partial charge in [-0.15, -0.1) is 0 Å². The summed E-state index contributed by atoms with van der Waals surface area (Å²) in [6.45, 7) is 7.14. The Balaban J connectivity index is 1.14. The molecule has 2 aliphatic rings. The fourth-order valence-electron chi connectivity index (χ4n) is 10.4. The summed E-state index contributed by atoms with van der Waals surface area (Å²) in [5.41, 5.74) is 7.92. The number of hydrogen-bond donors (Lipinski definition) is 0. The Bertz CT molecular complexity index is 2710. The van der Waals surface area contributed by atoms with E-state index in [0.29, 0.717) is 0 Å². The van der Waals surface area contributed by atoms with Gasteiger partial charge in [0.05, 0.1) is 5.54 Å². The predicted molar refractivity (Wildman–Crippen MR) is 205 cm³/mol. The second-order valence-corrected chi connectivity index (χ2v) is 15.1. The minimum absolute atomic E-state index is 0.0208. The molecule has 1 aliphatic heterocycles. The number of aryl methyl sites for hydroxylation is 1. The van der Waals surface area contributed by atoms with Crippen molar-refractivity contribution in [2.45, 2.75) is 57.4 Å². The van der Waals surface area contributed by atoms with E-state index in [1.165, 1.54) is 118 Å². The fourth-order valence-corrected chi connectivity index (χ4v) is 10.4. The minimum Gasteiger partial charge on any atom is -0.334 e. The van der Waals surface area contributed by atoms with Crippen LogP contribution in [0.3, 0.4) is 0 Å². The van der Waals surface area contributed by atoms with Crippen LogP contribution in [-0.2, 0) is 5.41 Å². The molecule has 0 bridgehead atoms. The van der Waals surface area contributed by atoms with Crippen LogP contribution in [0, 0.1) is 6.92 Å². The maximum Gasteiger partial charge on any atom is 0.0517 e. The van der Waals surface area contributed by atoms with Crippen molar-refractivity contribution in [3.8, 4) is 11.1 Å². The lowest BCUT2D eigenvalue weighted by atomic mass is 9.61. The Morgan fingerprint density at radius 2 is 1.23 bits per heavy atom. The van der Waals surface area contributed by atoms with Crippen LogP contribution >= 0.6 is 0 Å². The van der Waals surface area contributed by atoms with Crippen LogP contribution in [0.2, 0.25) is 0 Å². The zero-order chi connectivity index (χ0) is 31.9. The van der Waals surface area contributed by atoms with Crippen LogP contribution in [0.25, 0.3) is 75.8 Å². The SMILES string of the molecule is Cc1cc(N2c3ccc(-c4ccc5c6cc7c(cc6c6cccc4c65)c4cccc5cccc7c54)cc3C3(C)CCCCC23C)ccn1. The highest BCUT2D eigenvalue weighted by Gasteiger charge is 2.57. The number of rotatable bonds is 2. The van der Waals surface area contributed by atoms with Gasteiger partial charge in [-0.1, -0.05) is 92.6 Å². The average molecular weight is 617 g/mol. The van der Waals surface area contributed by atoms with E-state index in [1.54, 1.807) is 0 Å². The minimum atomic E-state index is 0.0208. The predicted octanol–water partition coefficient (Wildman–Crippen LogP) is 12.6. The molecule has 2 unspecified atom stereocenters. The molecule has 2 heterocycles. The molecular weight excluding hydrogens is 581 g/mol. The maximum absolute atomic E-state index is 4.54. The normalized spacial score (nSPS) is 21.0. The molecule has 2 nitrogen and oxygen atoms in total. The summed E-state index contributed by atoms with van der Waals surface area (Å²) in [5.74, 6) is 0. The number of aromatic nitrogens is 1. The van der Waals surface area contributed by atoms with Gasteiger partial charge in [0.25, 0.3) is 0 Å². The maximum atomic E-state index is 4.54. The van der Waals surface area contributed by atoms with Crippen molar-refractivity contribution in [2.75, 3.05) is 4.90 Å². The number of benzene rings is 6. The summed E-state index contributed by atoms with van der Waals surface area (Å²) in [7, 11) is 0. The number of nitrogens with zero attached hydrogens (tertiary/aromatic N) is 2. The molecule has 0 spiro atoms. The molecule has 2 atom stereocenters. The third kappa shape index (κ3) is 3.17. The molecule has 0 N–H and O–H groups in total. The summed E-state index contributed by atoms with van der Waals surface area (Å²) >= 11 is 0. The molecule has 48 heavy (non-hydrogen) atoms. The first-order valence-corrected chi connectivity index (χ1v) is 17.6. The first kappa shape index (κ1) is 26.8. The molecule has 0 amide bonds. The van der Waals surface area contributed by atoms with Crippen molar-refractivity contribution >= 4 is 76.0 Å². The highest BCUT2D eigenvalue weighted by atomic mass is 15.3. The van der Waals surface area contributed by atoms with E-state index in [-0.39, 0.29) is 11.0 Å². The molecule has 230 valence electrons. The Labute approximate surface area is 280 Å². The smallest absolute Gasteiger partial charge is 0.0517 e. The number of pyridine rings is 1. The molecule has 2 heteroatoms. The van der Waals surface area contributed by atoms with Crippen molar-refractivity contribution < 1.29 is 0 Å². The van der Waals surface area contributed by atoms with Gasteiger partial charge in [0.15, 0.2) is 0 Å². The fraction of sp³-hybridized carbons (Fsp3) is 0.196. The van der Waals surface area contributed by atoms with E-state index < -0.39 is 0 Å². The van der Waals surface area contributed by atoms with Gasteiger partial charge in [0.1, 0.15) is 0 Å². The van der Waals surface area contributed by atoms with Crippen LogP contribution in [0.15, 0.2) is 115 Å². The van der Waals surface area contributed by atoms with Gasteiger partial charge in [-0.25, -0.2) is 0 Å². The molecular formula is C46H36N2. The molecule has 1 fully saturated rings. The highest BCUT2D eigenvalue weighted by molar-refractivity contribution is 6.38. The molecule has 0 radical (unpaired) electrons. The molecule has 9 aromatic rings. The third-order valence-electron chi connectivity index (χ3n) is 12.8. The summed E-state index contributed by atoms with van der Waals surface area (Å²) < 4.78 is 0. The van der Waals surface area contributed by atoms with Gasteiger partial charge in [-0.05, 0) is 144 Å². The van der Waals surface area contributed by atoms with Crippen LogP contribution in [0.1, 0.15) is 50.8 Å². The van der Waals surface area contributed by atoms with E-state index in [1.807, 2.05) is 6.20 Å². The van der Waals surface area contributed by atoms with Gasteiger partial charge in [0.2, 0.25) is 0 Å². The van der Waals surface area contributed by atoms with Crippen molar-refractivity contribution in [1.82, 2.24) is 4.98 Å². The Morgan fingerprint density at radius 1 is 0.583 bits per heavy atom. The van der Waals surface area contributed by atoms with E-state index in [0.717, 1.165) is 5.69 Å². The van der Waals surface area contributed by atoms with Crippen LogP contribution in [0.5, 0.6) is 0 Å². The summed E-state index contributed by atoms with van der Waals surface area (Å²) in [4.78, 5) is 7.19. The van der Waals surface area contributed by atoms with Gasteiger partial charge in [-0.3, -0.25) is 4.98 Å². The van der Waals surface area contributed by atoms with Gasteiger partial charge in [-0.2, -0.15) is 0 Å². The first-order chi connectivity index (χ1) is 23.4. The van der Waals surface area contributed by atoms with Crippen molar-refractivity contribution in [1.29, 1.82) is 0 Å². The molecule has 1 aromatic heterocycles. The molecule has 8 aromatic carbocycles. The lowest BCUT2D eigenvalue weighted by Crippen LogP contribution is -2.54. The van der Waals surface area contributed by atoms with Crippen LogP contribution in [0.4, 0.5) is 11.4 Å². The van der Waals surface area contributed by atoms with Crippen molar-refractivity contribution in [3.63, 3.8) is 0 Å². The van der Waals surface area contributed by atoms with E-state index in [9.17, 15) is 0 Å². The molecule has 0 saturated heterocycles. The zero-order valence-electron chi connectivity index (χ0n) is 27.7. The molecule has 1 saturated carbocycles. The topological polar surface area (TPSA) is 16.1 Å². The van der Waals surface area contributed by atoms with Crippen LogP contribution < -0.4 is 4.90 Å². The highest BCUT2D eigenvalue weighted by Crippen LogP contribution is 2.61. The standard InChI is InChI=1S/C46H36N2/c1-27-23-30(19-22-47-27)48-42-18-15-29(24-41(42)45(2)20-4-5-21-46(45,48)3)31-16-17-36-40-26-38-34-12-7-10-28-9-6-11-33(43(28)34)37(38)25-39(40)35-14-8-13-32(31)44(35)36/h6-19,22-26H,4-5,20-21H2,1-3H3. The Kier molecular flexibility index (Phi) is 5.04. The van der Waals surface area contributed by atoms with E-state index in [2.05, 4.69) is 140 Å². The number of fused-ring (bicyclic) bond motifs is 9. The lowest BCUT2D eigenvalue weighted by Gasteiger charge is -2.50. The summed E-state index contributed by atoms with van der Waals surface area (Å²) in [6.07, 6.45) is 6.92. The second kappa shape index (κ2) is 9.02. The van der Waals surface area contributed by atoms with Crippen LogP contribution in [-0.4, -0.2) is 10.5 Å². The van der Waals surface area contributed by atoms with E-state index in [4.69, 9.17) is 0 Å². The van der Waals surface area contributed by atoms with Crippen molar-refractivity contribution in [2.24, 2.45) is 0 Å².